The van der Waals surface area contributed by atoms with E-state index in [0.717, 1.165) is 18.4 Å². The molecule has 3 heteroatoms. The largest absolute Gasteiger partial charge is 0.322 e. The maximum absolute atomic E-state index is 13.8. The van der Waals surface area contributed by atoms with E-state index in [4.69, 9.17) is 5.73 Å². The molecule has 2 rings (SSSR count). The maximum atomic E-state index is 13.8. The van der Waals surface area contributed by atoms with E-state index in [1.807, 2.05) is 12.1 Å². The first-order chi connectivity index (χ1) is 9.47. The quantitative estimate of drug-likeness (QED) is 0.852. The van der Waals surface area contributed by atoms with Gasteiger partial charge in [0.25, 0.3) is 0 Å². The van der Waals surface area contributed by atoms with Crippen LogP contribution in [0.2, 0.25) is 0 Å². The molecule has 112 valence electrons. The van der Waals surface area contributed by atoms with Crippen molar-refractivity contribution in [2.24, 2.45) is 5.73 Å². The van der Waals surface area contributed by atoms with Crippen molar-refractivity contribution in [1.29, 1.82) is 0 Å². The van der Waals surface area contributed by atoms with Gasteiger partial charge in [-0.2, -0.15) is 0 Å². The lowest BCUT2D eigenvalue weighted by Gasteiger charge is -2.44. The smallest absolute Gasteiger partial charge is 0.126 e. The fraction of sp³-hybridized carbons (Fsp3) is 0.647. The molecule has 0 bridgehead atoms. The SMILES string of the molecule is Cc1ccc(C(N)C2(N(C)C)CCCCCC2)cc1F. The zero-order valence-corrected chi connectivity index (χ0v) is 13.0. The number of benzene rings is 1. The number of aryl methyl sites for hydroxylation is 1. The third-order valence-corrected chi connectivity index (χ3v) is 4.99. The standard InChI is InChI=1S/C17H27FN2/c1-13-8-9-14(12-15(13)18)16(19)17(20(2)3)10-6-4-5-7-11-17/h8-9,12,16H,4-7,10-11,19H2,1-3H3. The Morgan fingerprint density at radius 2 is 1.75 bits per heavy atom. The average molecular weight is 278 g/mol. The minimum absolute atomic E-state index is 0.0435. The second-order valence-electron chi connectivity index (χ2n) is 6.40. The number of nitrogens with two attached hydrogens (primary N) is 1. The molecule has 1 unspecified atom stereocenters. The van der Waals surface area contributed by atoms with E-state index >= 15 is 0 Å². The Bertz CT molecular complexity index is 448. The highest BCUT2D eigenvalue weighted by atomic mass is 19.1. The van der Waals surface area contributed by atoms with Gasteiger partial charge in [0, 0.05) is 11.6 Å². The van der Waals surface area contributed by atoms with Crippen LogP contribution in [0.25, 0.3) is 0 Å². The average Bonchev–Trinajstić information content (AvgIpc) is 2.67. The van der Waals surface area contributed by atoms with Gasteiger partial charge < -0.3 is 10.6 Å². The highest BCUT2D eigenvalue weighted by molar-refractivity contribution is 5.28. The summed E-state index contributed by atoms with van der Waals surface area (Å²) in [6.45, 7) is 1.79. The zero-order valence-electron chi connectivity index (χ0n) is 13.0. The van der Waals surface area contributed by atoms with Gasteiger partial charge >= 0.3 is 0 Å². The van der Waals surface area contributed by atoms with Crippen LogP contribution in [-0.4, -0.2) is 24.5 Å². The van der Waals surface area contributed by atoms with Crippen LogP contribution in [-0.2, 0) is 0 Å². The number of rotatable bonds is 3. The molecular weight excluding hydrogens is 251 g/mol. The Morgan fingerprint density at radius 1 is 1.15 bits per heavy atom. The number of nitrogens with zero attached hydrogens (tertiary/aromatic N) is 1. The summed E-state index contributed by atoms with van der Waals surface area (Å²) in [5, 5.41) is 0. The fourth-order valence-corrected chi connectivity index (χ4v) is 3.49. The van der Waals surface area contributed by atoms with Gasteiger partial charge in [0.15, 0.2) is 0 Å². The second kappa shape index (κ2) is 6.23. The molecule has 0 saturated heterocycles. The van der Waals surface area contributed by atoms with Crippen LogP contribution < -0.4 is 5.73 Å². The lowest BCUT2D eigenvalue weighted by molar-refractivity contribution is 0.0968. The Balaban J connectivity index is 2.34. The molecule has 0 aromatic heterocycles. The Morgan fingerprint density at radius 3 is 2.25 bits per heavy atom. The Kier molecular flexibility index (Phi) is 4.82. The van der Waals surface area contributed by atoms with Crippen molar-refractivity contribution in [2.75, 3.05) is 14.1 Å². The normalized spacial score (nSPS) is 20.7. The molecule has 0 spiro atoms. The minimum Gasteiger partial charge on any atom is -0.322 e. The molecule has 1 atom stereocenters. The summed E-state index contributed by atoms with van der Waals surface area (Å²) >= 11 is 0. The molecular formula is C17H27FN2. The van der Waals surface area contributed by atoms with Gasteiger partial charge in [-0.15, -0.1) is 0 Å². The fourth-order valence-electron chi connectivity index (χ4n) is 3.49. The van der Waals surface area contributed by atoms with Crippen LogP contribution in [0, 0.1) is 12.7 Å². The molecule has 0 aliphatic heterocycles. The Hall–Kier alpha value is -0.930. The minimum atomic E-state index is -0.152. The van der Waals surface area contributed by atoms with Gasteiger partial charge in [0.1, 0.15) is 5.82 Å². The molecule has 1 aliphatic carbocycles. The molecule has 0 radical (unpaired) electrons. The highest BCUT2D eigenvalue weighted by Gasteiger charge is 2.39. The summed E-state index contributed by atoms with van der Waals surface area (Å²) in [7, 11) is 4.21. The molecule has 2 N–H and O–H groups in total. The first-order valence-electron chi connectivity index (χ1n) is 7.66. The van der Waals surface area contributed by atoms with Gasteiger partial charge in [-0.05, 0) is 51.1 Å². The molecule has 20 heavy (non-hydrogen) atoms. The van der Waals surface area contributed by atoms with Crippen molar-refractivity contribution >= 4 is 0 Å². The summed E-state index contributed by atoms with van der Waals surface area (Å²) < 4.78 is 13.8. The molecule has 2 nitrogen and oxygen atoms in total. The lowest BCUT2D eigenvalue weighted by Crippen LogP contribution is -2.52. The zero-order chi connectivity index (χ0) is 14.8. The van der Waals surface area contributed by atoms with E-state index in [-0.39, 0.29) is 17.4 Å². The van der Waals surface area contributed by atoms with Gasteiger partial charge in [-0.1, -0.05) is 37.8 Å². The van der Waals surface area contributed by atoms with Crippen LogP contribution in [0.5, 0.6) is 0 Å². The third kappa shape index (κ3) is 2.89. The van der Waals surface area contributed by atoms with Gasteiger partial charge in [0.2, 0.25) is 0 Å². The number of halogens is 1. The first kappa shape index (κ1) is 15.5. The Labute approximate surface area is 122 Å². The predicted molar refractivity (Wildman–Crippen MR) is 82.2 cm³/mol. The summed E-state index contributed by atoms with van der Waals surface area (Å²) in [6.07, 6.45) is 7.17. The molecule has 1 aromatic carbocycles. The third-order valence-electron chi connectivity index (χ3n) is 4.99. The predicted octanol–water partition coefficient (Wildman–Crippen LogP) is 3.79. The van der Waals surface area contributed by atoms with Crippen molar-refractivity contribution in [3.05, 3.63) is 35.1 Å². The van der Waals surface area contributed by atoms with E-state index in [2.05, 4.69) is 19.0 Å². The highest BCUT2D eigenvalue weighted by Crippen LogP contribution is 2.39. The summed E-state index contributed by atoms with van der Waals surface area (Å²) in [6, 6.07) is 5.31. The van der Waals surface area contributed by atoms with Gasteiger partial charge in [-0.3, -0.25) is 0 Å². The van der Waals surface area contributed by atoms with E-state index in [1.165, 1.54) is 25.7 Å². The molecule has 0 amide bonds. The summed E-state index contributed by atoms with van der Waals surface area (Å²) in [5.41, 5.74) is 8.14. The molecule has 1 aliphatic rings. The lowest BCUT2D eigenvalue weighted by atomic mass is 9.78. The summed E-state index contributed by atoms with van der Waals surface area (Å²) in [5.74, 6) is -0.152. The monoisotopic (exact) mass is 278 g/mol. The van der Waals surface area contributed by atoms with Crippen LogP contribution in [0.4, 0.5) is 4.39 Å². The van der Waals surface area contributed by atoms with E-state index in [1.54, 1.807) is 13.0 Å². The number of hydrogen-bond acceptors (Lipinski definition) is 2. The molecule has 0 heterocycles. The van der Waals surface area contributed by atoms with Crippen LogP contribution in [0.3, 0.4) is 0 Å². The molecule has 1 saturated carbocycles. The van der Waals surface area contributed by atoms with Crippen LogP contribution in [0.15, 0.2) is 18.2 Å². The summed E-state index contributed by atoms with van der Waals surface area (Å²) in [4.78, 5) is 2.26. The van der Waals surface area contributed by atoms with Crippen molar-refractivity contribution in [1.82, 2.24) is 4.90 Å². The van der Waals surface area contributed by atoms with Crippen molar-refractivity contribution in [3.63, 3.8) is 0 Å². The van der Waals surface area contributed by atoms with Crippen LogP contribution >= 0.6 is 0 Å². The maximum Gasteiger partial charge on any atom is 0.126 e. The van der Waals surface area contributed by atoms with Crippen molar-refractivity contribution < 1.29 is 4.39 Å². The van der Waals surface area contributed by atoms with Crippen molar-refractivity contribution in [2.45, 2.75) is 57.0 Å². The molecule has 1 aromatic rings. The number of likely N-dealkylation sites (N-methyl/N-ethyl adjacent to an activating group) is 1. The first-order valence-corrected chi connectivity index (χ1v) is 7.66. The van der Waals surface area contributed by atoms with E-state index < -0.39 is 0 Å². The van der Waals surface area contributed by atoms with Gasteiger partial charge in [0.05, 0.1) is 0 Å². The van der Waals surface area contributed by atoms with E-state index in [9.17, 15) is 4.39 Å². The van der Waals surface area contributed by atoms with Crippen molar-refractivity contribution in [3.8, 4) is 0 Å². The number of hydrogen-bond donors (Lipinski definition) is 1. The van der Waals surface area contributed by atoms with Gasteiger partial charge in [-0.25, -0.2) is 4.39 Å². The molecule has 1 fully saturated rings. The second-order valence-corrected chi connectivity index (χ2v) is 6.40. The van der Waals surface area contributed by atoms with E-state index in [0.29, 0.717) is 5.56 Å². The van der Waals surface area contributed by atoms with Crippen LogP contribution in [0.1, 0.15) is 55.7 Å². The topological polar surface area (TPSA) is 29.3 Å².